The van der Waals surface area contributed by atoms with Crippen LogP contribution in [0.2, 0.25) is 0 Å². The van der Waals surface area contributed by atoms with Gasteiger partial charge in [0.15, 0.2) is 0 Å². The lowest BCUT2D eigenvalue weighted by atomic mass is 9.97. The predicted octanol–water partition coefficient (Wildman–Crippen LogP) is 2.39. The van der Waals surface area contributed by atoms with E-state index in [1.54, 1.807) is 6.08 Å². The predicted molar refractivity (Wildman–Crippen MR) is 112 cm³/mol. The summed E-state index contributed by atoms with van der Waals surface area (Å²) in [7, 11) is -3.44. The van der Waals surface area contributed by atoms with E-state index in [2.05, 4.69) is 18.7 Å². The van der Waals surface area contributed by atoms with Gasteiger partial charge in [0.1, 0.15) is 0 Å². The standard InChI is InChI=1S/C21H31N3O3S/c1-18-7-6-8-19(2)24(18)21(25)17-22-12-14-23(15-13-22)28(26,27)16-11-20-9-4-3-5-10-20/h3-5,9-11,16,18-19H,6-8,12-15,17H2,1-2H3/b16-11+/t18-,19+. The number of sulfonamides is 1. The van der Waals surface area contributed by atoms with E-state index in [1.807, 2.05) is 35.2 Å². The number of rotatable bonds is 5. The largest absolute Gasteiger partial charge is 0.336 e. The van der Waals surface area contributed by atoms with Crippen molar-refractivity contribution in [1.82, 2.24) is 14.1 Å². The van der Waals surface area contributed by atoms with Crippen molar-refractivity contribution in [1.29, 1.82) is 0 Å². The van der Waals surface area contributed by atoms with Crippen LogP contribution in [-0.4, -0.2) is 73.2 Å². The summed E-state index contributed by atoms with van der Waals surface area (Å²) in [4.78, 5) is 16.9. The normalized spacial score (nSPS) is 25.3. The van der Waals surface area contributed by atoms with Crippen molar-refractivity contribution in [3.8, 4) is 0 Å². The molecule has 3 rings (SSSR count). The second kappa shape index (κ2) is 9.20. The molecular formula is C21H31N3O3S. The number of nitrogens with zero attached hydrogens (tertiary/aromatic N) is 3. The third-order valence-corrected chi connectivity index (χ3v) is 7.33. The Morgan fingerprint density at radius 3 is 2.25 bits per heavy atom. The zero-order valence-electron chi connectivity index (χ0n) is 16.8. The van der Waals surface area contributed by atoms with E-state index < -0.39 is 10.0 Å². The Labute approximate surface area is 168 Å². The van der Waals surface area contributed by atoms with Crippen LogP contribution in [0.3, 0.4) is 0 Å². The summed E-state index contributed by atoms with van der Waals surface area (Å²) in [5, 5.41) is 1.28. The highest BCUT2D eigenvalue weighted by atomic mass is 32.2. The van der Waals surface area contributed by atoms with Crippen LogP contribution < -0.4 is 0 Å². The van der Waals surface area contributed by atoms with Crippen LogP contribution in [0.25, 0.3) is 6.08 Å². The van der Waals surface area contributed by atoms with Gasteiger partial charge in [0.25, 0.3) is 0 Å². The average Bonchev–Trinajstić information content (AvgIpc) is 2.68. The van der Waals surface area contributed by atoms with Crippen molar-refractivity contribution in [2.45, 2.75) is 45.2 Å². The minimum Gasteiger partial charge on any atom is -0.336 e. The highest BCUT2D eigenvalue weighted by Gasteiger charge is 2.31. The number of carbonyl (C=O) groups excluding carboxylic acids is 1. The molecule has 154 valence electrons. The smallest absolute Gasteiger partial charge is 0.237 e. The molecule has 2 atom stereocenters. The fraction of sp³-hybridized carbons (Fsp3) is 0.571. The van der Waals surface area contributed by atoms with Crippen LogP contribution in [0, 0.1) is 0 Å². The molecular weight excluding hydrogens is 374 g/mol. The lowest BCUT2D eigenvalue weighted by Crippen LogP contribution is -2.54. The van der Waals surface area contributed by atoms with E-state index in [4.69, 9.17) is 0 Å². The summed E-state index contributed by atoms with van der Waals surface area (Å²) < 4.78 is 26.6. The summed E-state index contributed by atoms with van der Waals surface area (Å²) >= 11 is 0. The van der Waals surface area contributed by atoms with Crippen molar-refractivity contribution < 1.29 is 13.2 Å². The fourth-order valence-electron chi connectivity index (χ4n) is 4.14. The van der Waals surface area contributed by atoms with Crippen LogP contribution in [-0.2, 0) is 14.8 Å². The third kappa shape index (κ3) is 5.21. The van der Waals surface area contributed by atoms with E-state index in [9.17, 15) is 13.2 Å². The maximum absolute atomic E-state index is 12.8. The van der Waals surface area contributed by atoms with Gasteiger partial charge in [-0.1, -0.05) is 30.3 Å². The van der Waals surface area contributed by atoms with E-state index in [-0.39, 0.29) is 5.91 Å². The first-order valence-electron chi connectivity index (χ1n) is 10.1. The second-order valence-corrected chi connectivity index (χ2v) is 9.68. The van der Waals surface area contributed by atoms with E-state index in [0.717, 1.165) is 18.4 Å². The van der Waals surface area contributed by atoms with E-state index in [0.29, 0.717) is 44.8 Å². The molecule has 2 fully saturated rings. The van der Waals surface area contributed by atoms with Crippen molar-refractivity contribution in [2.75, 3.05) is 32.7 Å². The molecule has 0 radical (unpaired) electrons. The molecule has 0 saturated carbocycles. The Balaban J connectivity index is 1.52. The summed E-state index contributed by atoms with van der Waals surface area (Å²) in [5.74, 6) is 0.167. The Kier molecular flexibility index (Phi) is 6.91. The van der Waals surface area contributed by atoms with Crippen LogP contribution in [0.4, 0.5) is 0 Å². The topological polar surface area (TPSA) is 60.9 Å². The van der Waals surface area contributed by atoms with Crippen molar-refractivity contribution in [3.05, 3.63) is 41.3 Å². The summed E-state index contributed by atoms with van der Waals surface area (Å²) in [6, 6.07) is 9.99. The van der Waals surface area contributed by atoms with Gasteiger partial charge in [0, 0.05) is 43.7 Å². The van der Waals surface area contributed by atoms with Gasteiger partial charge in [0.2, 0.25) is 15.9 Å². The van der Waals surface area contributed by atoms with E-state index >= 15 is 0 Å². The van der Waals surface area contributed by atoms with Crippen molar-refractivity contribution >= 4 is 22.0 Å². The zero-order chi connectivity index (χ0) is 20.1. The first-order valence-corrected chi connectivity index (χ1v) is 11.6. The fourth-order valence-corrected chi connectivity index (χ4v) is 5.32. The lowest BCUT2D eigenvalue weighted by molar-refractivity contribution is -0.138. The van der Waals surface area contributed by atoms with Crippen molar-refractivity contribution in [2.24, 2.45) is 0 Å². The number of carbonyl (C=O) groups is 1. The quantitative estimate of drug-likeness (QED) is 0.755. The van der Waals surface area contributed by atoms with Gasteiger partial charge in [-0.2, -0.15) is 4.31 Å². The van der Waals surface area contributed by atoms with Gasteiger partial charge < -0.3 is 4.90 Å². The van der Waals surface area contributed by atoms with Gasteiger partial charge in [-0.25, -0.2) is 8.42 Å². The summed E-state index contributed by atoms with van der Waals surface area (Å²) in [6.07, 6.45) is 4.94. The zero-order valence-corrected chi connectivity index (χ0v) is 17.6. The minimum absolute atomic E-state index is 0.167. The number of hydrogen-bond donors (Lipinski definition) is 0. The van der Waals surface area contributed by atoms with Gasteiger partial charge in [-0.3, -0.25) is 9.69 Å². The van der Waals surface area contributed by atoms with Gasteiger partial charge in [0.05, 0.1) is 6.54 Å². The molecule has 2 saturated heterocycles. The molecule has 2 heterocycles. The molecule has 6 nitrogen and oxygen atoms in total. The SMILES string of the molecule is C[C@@H]1CCC[C@H](C)N1C(=O)CN1CCN(S(=O)(=O)/C=C/c2ccccc2)CC1. The number of hydrogen-bond acceptors (Lipinski definition) is 4. The molecule has 2 aliphatic rings. The summed E-state index contributed by atoms with van der Waals surface area (Å²) in [6.45, 7) is 6.62. The number of amides is 1. The maximum atomic E-state index is 12.8. The van der Waals surface area contributed by atoms with Gasteiger partial charge >= 0.3 is 0 Å². The van der Waals surface area contributed by atoms with Crippen LogP contribution in [0.5, 0.6) is 0 Å². The lowest BCUT2D eigenvalue weighted by Gasteiger charge is -2.41. The highest BCUT2D eigenvalue weighted by Crippen LogP contribution is 2.23. The van der Waals surface area contributed by atoms with E-state index in [1.165, 1.54) is 16.1 Å². The minimum atomic E-state index is -3.44. The van der Waals surface area contributed by atoms with Crippen LogP contribution in [0.1, 0.15) is 38.7 Å². The number of piperidine rings is 1. The third-order valence-electron chi connectivity index (χ3n) is 5.76. The Morgan fingerprint density at radius 1 is 1.04 bits per heavy atom. The molecule has 0 aromatic heterocycles. The molecule has 0 aliphatic carbocycles. The molecule has 1 amide bonds. The molecule has 0 unspecified atom stereocenters. The maximum Gasteiger partial charge on any atom is 0.237 e. The van der Waals surface area contributed by atoms with Gasteiger partial charge in [-0.05, 0) is 44.7 Å². The monoisotopic (exact) mass is 405 g/mol. The second-order valence-electron chi connectivity index (χ2n) is 7.86. The molecule has 28 heavy (non-hydrogen) atoms. The Hall–Kier alpha value is -1.70. The van der Waals surface area contributed by atoms with Crippen LogP contribution >= 0.6 is 0 Å². The number of benzene rings is 1. The summed E-state index contributed by atoms with van der Waals surface area (Å²) in [5.41, 5.74) is 0.861. The van der Waals surface area contributed by atoms with Crippen LogP contribution in [0.15, 0.2) is 35.7 Å². The molecule has 1 aromatic carbocycles. The Bertz CT molecular complexity index is 776. The Morgan fingerprint density at radius 2 is 1.64 bits per heavy atom. The molecule has 7 heteroatoms. The molecule has 1 aromatic rings. The average molecular weight is 406 g/mol. The molecule has 2 aliphatic heterocycles. The van der Waals surface area contributed by atoms with Crippen molar-refractivity contribution in [3.63, 3.8) is 0 Å². The number of piperazine rings is 1. The molecule has 0 spiro atoms. The molecule has 0 bridgehead atoms. The highest BCUT2D eigenvalue weighted by molar-refractivity contribution is 7.92. The molecule has 0 N–H and O–H groups in total. The first kappa shape index (κ1) is 21.0. The van der Waals surface area contributed by atoms with Gasteiger partial charge in [-0.15, -0.1) is 0 Å². The number of likely N-dealkylation sites (tertiary alicyclic amines) is 1. The first-order chi connectivity index (χ1) is 13.4.